The van der Waals surface area contributed by atoms with Gasteiger partial charge in [-0.1, -0.05) is 23.8 Å². The van der Waals surface area contributed by atoms with Gasteiger partial charge in [0, 0.05) is 5.56 Å². The molecular weight excluding hydrogens is 244 g/mol. The third kappa shape index (κ3) is 2.29. The molecular formula is C13H12N4S. The number of nitrogen functional groups attached to an aromatic ring is 1. The van der Waals surface area contributed by atoms with Crippen molar-refractivity contribution in [3.8, 4) is 17.3 Å². The third-order valence-electron chi connectivity index (χ3n) is 2.49. The molecule has 0 spiro atoms. The van der Waals surface area contributed by atoms with Gasteiger partial charge in [0.25, 0.3) is 0 Å². The minimum atomic E-state index is 0.190. The van der Waals surface area contributed by atoms with E-state index in [2.05, 4.69) is 16.0 Å². The summed E-state index contributed by atoms with van der Waals surface area (Å²) in [6.07, 6.45) is 1.86. The zero-order valence-corrected chi connectivity index (χ0v) is 11.0. The van der Waals surface area contributed by atoms with Crippen LogP contribution in [-0.2, 0) is 0 Å². The predicted molar refractivity (Wildman–Crippen MR) is 73.1 cm³/mol. The number of nitriles is 1. The van der Waals surface area contributed by atoms with E-state index in [1.807, 2.05) is 37.4 Å². The Hall–Kier alpha value is -2.06. The molecule has 4 nitrogen and oxygen atoms in total. The maximum atomic E-state index is 9.27. The Morgan fingerprint density at radius 3 is 2.72 bits per heavy atom. The topological polar surface area (TPSA) is 75.6 Å². The van der Waals surface area contributed by atoms with Crippen molar-refractivity contribution in [3.63, 3.8) is 0 Å². The molecule has 90 valence electrons. The summed E-state index contributed by atoms with van der Waals surface area (Å²) in [6, 6.07) is 9.98. The molecule has 0 aliphatic rings. The summed E-state index contributed by atoms with van der Waals surface area (Å²) >= 11 is 1.39. The lowest BCUT2D eigenvalue weighted by atomic mass is 10.1. The van der Waals surface area contributed by atoms with Crippen LogP contribution in [0.3, 0.4) is 0 Å². The normalized spacial score (nSPS) is 10.1. The van der Waals surface area contributed by atoms with Crippen LogP contribution in [0.4, 0.5) is 5.95 Å². The van der Waals surface area contributed by atoms with Crippen molar-refractivity contribution in [3.05, 3.63) is 35.4 Å². The first-order valence-electron chi connectivity index (χ1n) is 5.34. The Bertz CT molecular complexity index is 631. The molecule has 0 bridgehead atoms. The fourth-order valence-electron chi connectivity index (χ4n) is 1.71. The largest absolute Gasteiger partial charge is 0.368 e. The summed E-state index contributed by atoms with van der Waals surface area (Å²) in [4.78, 5) is 8.27. The Labute approximate surface area is 110 Å². The lowest BCUT2D eigenvalue weighted by Crippen LogP contribution is -2.02. The van der Waals surface area contributed by atoms with Crippen LogP contribution < -0.4 is 5.73 Å². The number of rotatable bonds is 2. The van der Waals surface area contributed by atoms with Gasteiger partial charge in [0.1, 0.15) is 16.7 Å². The first-order chi connectivity index (χ1) is 8.65. The zero-order chi connectivity index (χ0) is 13.1. The Balaban J connectivity index is 2.71. The van der Waals surface area contributed by atoms with Crippen molar-refractivity contribution in [2.24, 2.45) is 0 Å². The number of aryl methyl sites for hydroxylation is 1. The van der Waals surface area contributed by atoms with Crippen LogP contribution in [0.1, 0.15) is 11.1 Å². The SMILES string of the molecule is CSc1nc(N)nc(-c2cccc(C)c2)c1C#N. The van der Waals surface area contributed by atoms with Crippen LogP contribution >= 0.6 is 11.8 Å². The van der Waals surface area contributed by atoms with E-state index in [0.29, 0.717) is 16.3 Å². The van der Waals surface area contributed by atoms with Gasteiger partial charge in [-0.3, -0.25) is 0 Å². The summed E-state index contributed by atoms with van der Waals surface area (Å²) < 4.78 is 0. The van der Waals surface area contributed by atoms with Crippen LogP contribution in [-0.4, -0.2) is 16.2 Å². The quantitative estimate of drug-likeness (QED) is 0.660. The van der Waals surface area contributed by atoms with Gasteiger partial charge in [0.05, 0.1) is 5.69 Å². The second kappa shape index (κ2) is 5.07. The molecule has 0 fully saturated rings. The average molecular weight is 256 g/mol. The third-order valence-corrected chi connectivity index (χ3v) is 3.17. The van der Waals surface area contributed by atoms with E-state index in [9.17, 15) is 5.26 Å². The molecule has 0 aliphatic heterocycles. The minimum absolute atomic E-state index is 0.190. The number of aromatic nitrogens is 2. The van der Waals surface area contributed by atoms with Crippen LogP contribution in [0, 0.1) is 18.3 Å². The van der Waals surface area contributed by atoms with Crippen LogP contribution in [0.2, 0.25) is 0 Å². The number of hydrogen-bond acceptors (Lipinski definition) is 5. The molecule has 0 radical (unpaired) electrons. The van der Waals surface area contributed by atoms with Crippen molar-refractivity contribution < 1.29 is 0 Å². The molecule has 1 heterocycles. The molecule has 2 rings (SSSR count). The summed E-state index contributed by atoms with van der Waals surface area (Å²) in [5.74, 6) is 0.190. The van der Waals surface area contributed by atoms with Crippen molar-refractivity contribution in [1.82, 2.24) is 9.97 Å². The fourth-order valence-corrected chi connectivity index (χ4v) is 2.24. The highest BCUT2D eigenvalue weighted by molar-refractivity contribution is 7.98. The molecule has 2 aromatic rings. The van der Waals surface area contributed by atoms with E-state index in [0.717, 1.165) is 11.1 Å². The maximum absolute atomic E-state index is 9.27. The highest BCUT2D eigenvalue weighted by Crippen LogP contribution is 2.28. The standard InChI is InChI=1S/C13H12N4S/c1-8-4-3-5-9(6-8)11-10(7-14)12(18-2)17-13(15)16-11/h3-6H,1-2H3,(H2,15,16,17). The van der Waals surface area contributed by atoms with Gasteiger partial charge in [0.15, 0.2) is 0 Å². The first kappa shape index (κ1) is 12.4. The highest BCUT2D eigenvalue weighted by atomic mass is 32.2. The van der Waals surface area contributed by atoms with Crippen molar-refractivity contribution in [1.29, 1.82) is 5.26 Å². The van der Waals surface area contributed by atoms with E-state index in [-0.39, 0.29) is 5.95 Å². The molecule has 0 saturated heterocycles. The van der Waals surface area contributed by atoms with E-state index < -0.39 is 0 Å². The molecule has 18 heavy (non-hydrogen) atoms. The van der Waals surface area contributed by atoms with E-state index in [1.54, 1.807) is 0 Å². The van der Waals surface area contributed by atoms with Crippen LogP contribution in [0.25, 0.3) is 11.3 Å². The number of nitrogens with two attached hydrogens (primary N) is 1. The lowest BCUT2D eigenvalue weighted by molar-refractivity contribution is 1.05. The van der Waals surface area contributed by atoms with E-state index in [4.69, 9.17) is 5.73 Å². The summed E-state index contributed by atoms with van der Waals surface area (Å²) in [6.45, 7) is 2.00. The monoisotopic (exact) mass is 256 g/mol. The van der Waals surface area contributed by atoms with Gasteiger partial charge in [-0.2, -0.15) is 5.26 Å². The smallest absolute Gasteiger partial charge is 0.221 e. The summed E-state index contributed by atoms with van der Waals surface area (Å²) in [5, 5.41) is 9.88. The van der Waals surface area contributed by atoms with Gasteiger partial charge in [-0.25, -0.2) is 9.97 Å². The van der Waals surface area contributed by atoms with Gasteiger partial charge in [-0.15, -0.1) is 11.8 Å². The highest BCUT2D eigenvalue weighted by Gasteiger charge is 2.14. The second-order valence-corrected chi connectivity index (χ2v) is 4.59. The van der Waals surface area contributed by atoms with Gasteiger partial charge >= 0.3 is 0 Å². The predicted octanol–water partition coefficient (Wildman–Crippen LogP) is 2.63. The zero-order valence-electron chi connectivity index (χ0n) is 10.1. The molecule has 0 saturated carbocycles. The average Bonchev–Trinajstić information content (AvgIpc) is 2.37. The number of benzene rings is 1. The number of thioether (sulfide) groups is 1. The van der Waals surface area contributed by atoms with Gasteiger partial charge < -0.3 is 5.73 Å². The Morgan fingerprint density at radius 1 is 1.33 bits per heavy atom. The lowest BCUT2D eigenvalue weighted by Gasteiger charge is -2.08. The molecule has 1 aromatic heterocycles. The second-order valence-electron chi connectivity index (χ2n) is 3.80. The van der Waals surface area contributed by atoms with E-state index in [1.165, 1.54) is 11.8 Å². The summed E-state index contributed by atoms with van der Waals surface area (Å²) in [7, 11) is 0. The molecule has 0 aliphatic carbocycles. The van der Waals surface area contributed by atoms with E-state index >= 15 is 0 Å². The van der Waals surface area contributed by atoms with Crippen LogP contribution in [0.5, 0.6) is 0 Å². The number of hydrogen-bond donors (Lipinski definition) is 1. The molecule has 1 aromatic carbocycles. The molecule has 0 amide bonds. The molecule has 5 heteroatoms. The number of anilines is 1. The van der Waals surface area contributed by atoms with Crippen molar-refractivity contribution >= 4 is 17.7 Å². The Kier molecular flexibility index (Phi) is 3.49. The Morgan fingerprint density at radius 2 is 2.11 bits per heavy atom. The van der Waals surface area contributed by atoms with Crippen LogP contribution in [0.15, 0.2) is 29.3 Å². The van der Waals surface area contributed by atoms with Crippen molar-refractivity contribution in [2.75, 3.05) is 12.0 Å². The summed E-state index contributed by atoms with van der Waals surface area (Å²) in [5.41, 5.74) is 8.75. The number of nitrogens with zero attached hydrogens (tertiary/aromatic N) is 3. The maximum Gasteiger partial charge on any atom is 0.221 e. The fraction of sp³-hybridized carbons (Fsp3) is 0.154. The van der Waals surface area contributed by atoms with Gasteiger partial charge in [0.2, 0.25) is 5.95 Å². The van der Waals surface area contributed by atoms with Crippen molar-refractivity contribution in [2.45, 2.75) is 11.9 Å². The molecule has 2 N–H and O–H groups in total. The first-order valence-corrected chi connectivity index (χ1v) is 6.57. The molecule has 0 atom stereocenters. The molecule has 0 unspecified atom stereocenters. The van der Waals surface area contributed by atoms with Gasteiger partial charge in [-0.05, 0) is 19.2 Å². The minimum Gasteiger partial charge on any atom is -0.368 e.